The van der Waals surface area contributed by atoms with E-state index in [9.17, 15) is 8.42 Å². The van der Waals surface area contributed by atoms with Gasteiger partial charge in [-0.1, -0.05) is 23.2 Å². The largest absolute Gasteiger partial charge is 0.484 e. The third kappa shape index (κ3) is 4.42. The SMILES string of the molecule is CS(=O)(=O)c1ccc(O[C@H]2c3cc(Cl)cc(Cl)c3C[C@@H]2N2CCCC(N)C2)cc1. The Morgan fingerprint density at radius 2 is 1.90 bits per heavy atom. The van der Waals surface area contributed by atoms with Gasteiger partial charge in [-0.05, 0) is 67.8 Å². The summed E-state index contributed by atoms with van der Waals surface area (Å²) < 4.78 is 29.8. The number of nitrogens with two attached hydrogens (primary N) is 1. The predicted molar refractivity (Wildman–Crippen MR) is 116 cm³/mol. The minimum atomic E-state index is -3.25. The van der Waals surface area contributed by atoms with Gasteiger partial charge in [0.1, 0.15) is 11.9 Å². The third-order valence-electron chi connectivity index (χ3n) is 5.74. The molecule has 4 rings (SSSR count). The molecule has 1 aliphatic heterocycles. The van der Waals surface area contributed by atoms with Crippen LogP contribution in [0, 0.1) is 0 Å². The summed E-state index contributed by atoms with van der Waals surface area (Å²) in [5.74, 6) is 0.609. The highest BCUT2D eigenvalue weighted by atomic mass is 35.5. The van der Waals surface area contributed by atoms with Crippen LogP contribution < -0.4 is 10.5 Å². The lowest BCUT2D eigenvalue weighted by molar-refractivity contribution is 0.0593. The first-order valence-electron chi connectivity index (χ1n) is 9.66. The first-order valence-corrected chi connectivity index (χ1v) is 12.3. The summed E-state index contributed by atoms with van der Waals surface area (Å²) in [7, 11) is -3.25. The Morgan fingerprint density at radius 3 is 2.55 bits per heavy atom. The number of ether oxygens (including phenoxy) is 1. The Bertz CT molecular complexity index is 1010. The fraction of sp³-hybridized carbons (Fsp3) is 0.429. The molecule has 0 radical (unpaired) electrons. The smallest absolute Gasteiger partial charge is 0.175 e. The van der Waals surface area contributed by atoms with Crippen molar-refractivity contribution in [3.8, 4) is 5.75 Å². The summed E-state index contributed by atoms with van der Waals surface area (Å²) in [5.41, 5.74) is 8.26. The lowest BCUT2D eigenvalue weighted by Gasteiger charge is -2.38. The van der Waals surface area contributed by atoms with Crippen LogP contribution in [0.15, 0.2) is 41.3 Å². The molecule has 0 amide bonds. The molecule has 1 unspecified atom stereocenters. The molecule has 2 N–H and O–H groups in total. The minimum absolute atomic E-state index is 0.0990. The lowest BCUT2D eigenvalue weighted by Crippen LogP contribution is -2.49. The number of halogens is 2. The van der Waals surface area contributed by atoms with E-state index in [1.165, 1.54) is 6.26 Å². The van der Waals surface area contributed by atoms with Gasteiger partial charge in [0, 0.05) is 34.5 Å². The molecule has 156 valence electrons. The number of likely N-dealkylation sites (tertiary alicyclic amines) is 1. The molecule has 2 aromatic rings. The van der Waals surface area contributed by atoms with Crippen molar-refractivity contribution in [2.45, 2.75) is 42.3 Å². The Balaban J connectivity index is 1.67. The molecular weight excluding hydrogens is 431 g/mol. The summed E-state index contributed by atoms with van der Waals surface area (Å²) in [6.45, 7) is 1.78. The summed E-state index contributed by atoms with van der Waals surface area (Å²) in [6, 6.07) is 10.5. The Hall–Kier alpha value is -1.31. The van der Waals surface area contributed by atoms with E-state index in [1.807, 2.05) is 6.07 Å². The highest BCUT2D eigenvalue weighted by molar-refractivity contribution is 7.90. The van der Waals surface area contributed by atoms with Gasteiger partial charge in [0.2, 0.25) is 0 Å². The van der Waals surface area contributed by atoms with Gasteiger partial charge in [-0.3, -0.25) is 4.90 Å². The van der Waals surface area contributed by atoms with Gasteiger partial charge < -0.3 is 10.5 Å². The second-order valence-electron chi connectivity index (χ2n) is 7.91. The fourth-order valence-electron chi connectivity index (χ4n) is 4.33. The van der Waals surface area contributed by atoms with E-state index in [0.717, 1.165) is 43.5 Å². The zero-order valence-electron chi connectivity index (χ0n) is 16.1. The second kappa shape index (κ2) is 8.08. The monoisotopic (exact) mass is 454 g/mol. The van der Waals surface area contributed by atoms with Gasteiger partial charge in [0.05, 0.1) is 10.9 Å². The molecule has 0 saturated carbocycles. The van der Waals surface area contributed by atoms with Crippen molar-refractivity contribution in [2.75, 3.05) is 19.3 Å². The minimum Gasteiger partial charge on any atom is -0.484 e. The van der Waals surface area contributed by atoms with Gasteiger partial charge in [-0.2, -0.15) is 0 Å². The molecule has 0 aromatic heterocycles. The molecule has 29 heavy (non-hydrogen) atoms. The Morgan fingerprint density at radius 1 is 1.17 bits per heavy atom. The molecule has 2 aliphatic rings. The summed E-state index contributed by atoms with van der Waals surface area (Å²) >= 11 is 12.8. The summed E-state index contributed by atoms with van der Waals surface area (Å²) in [4.78, 5) is 2.65. The van der Waals surface area contributed by atoms with Crippen molar-refractivity contribution in [2.24, 2.45) is 5.73 Å². The van der Waals surface area contributed by atoms with Crippen LogP contribution in [0.2, 0.25) is 10.0 Å². The van der Waals surface area contributed by atoms with E-state index in [-0.39, 0.29) is 23.1 Å². The number of piperidine rings is 1. The van der Waals surface area contributed by atoms with E-state index in [0.29, 0.717) is 15.8 Å². The van der Waals surface area contributed by atoms with Gasteiger partial charge in [0.15, 0.2) is 9.84 Å². The molecule has 1 heterocycles. The number of hydrogen-bond acceptors (Lipinski definition) is 5. The predicted octanol–water partition coefficient (Wildman–Crippen LogP) is 3.86. The van der Waals surface area contributed by atoms with E-state index in [1.54, 1.807) is 30.3 Å². The maximum atomic E-state index is 11.7. The van der Waals surface area contributed by atoms with E-state index < -0.39 is 9.84 Å². The van der Waals surface area contributed by atoms with Crippen molar-refractivity contribution in [3.63, 3.8) is 0 Å². The van der Waals surface area contributed by atoms with E-state index in [2.05, 4.69) is 4.90 Å². The number of sulfone groups is 1. The molecular formula is C21H24Cl2N2O3S. The number of rotatable bonds is 4. The maximum absolute atomic E-state index is 11.7. The van der Waals surface area contributed by atoms with Gasteiger partial charge in [-0.25, -0.2) is 8.42 Å². The van der Waals surface area contributed by atoms with Crippen molar-refractivity contribution in [1.29, 1.82) is 0 Å². The molecule has 8 heteroatoms. The molecule has 5 nitrogen and oxygen atoms in total. The summed E-state index contributed by atoms with van der Waals surface area (Å²) in [5, 5.41) is 1.23. The zero-order valence-corrected chi connectivity index (χ0v) is 18.5. The van der Waals surface area contributed by atoms with Crippen molar-refractivity contribution < 1.29 is 13.2 Å². The van der Waals surface area contributed by atoms with E-state index >= 15 is 0 Å². The highest BCUT2D eigenvalue weighted by Crippen LogP contribution is 2.43. The molecule has 3 atom stereocenters. The number of hydrogen-bond donors (Lipinski definition) is 1. The third-order valence-corrected chi connectivity index (χ3v) is 7.42. The lowest BCUT2D eigenvalue weighted by atomic mass is 10.0. The van der Waals surface area contributed by atoms with Crippen molar-refractivity contribution >= 4 is 33.0 Å². The topological polar surface area (TPSA) is 72.6 Å². The number of nitrogens with zero attached hydrogens (tertiary/aromatic N) is 1. The fourth-order valence-corrected chi connectivity index (χ4v) is 5.55. The zero-order chi connectivity index (χ0) is 20.8. The first kappa shape index (κ1) is 20.9. The number of fused-ring (bicyclic) bond motifs is 1. The first-order chi connectivity index (χ1) is 13.7. The molecule has 0 bridgehead atoms. The average molecular weight is 455 g/mol. The Labute approximate surface area is 181 Å². The van der Waals surface area contributed by atoms with Crippen LogP contribution in [0.3, 0.4) is 0 Å². The molecule has 1 aliphatic carbocycles. The molecule has 1 fully saturated rings. The number of benzene rings is 2. The second-order valence-corrected chi connectivity index (χ2v) is 10.8. The van der Waals surface area contributed by atoms with Crippen LogP contribution in [0.25, 0.3) is 0 Å². The molecule has 0 spiro atoms. The van der Waals surface area contributed by atoms with Gasteiger partial charge in [0.25, 0.3) is 0 Å². The van der Waals surface area contributed by atoms with Crippen molar-refractivity contribution in [3.05, 3.63) is 57.6 Å². The van der Waals surface area contributed by atoms with Crippen LogP contribution in [0.1, 0.15) is 30.1 Å². The van der Waals surface area contributed by atoms with Crippen LogP contribution in [0.5, 0.6) is 5.75 Å². The molecule has 2 aromatic carbocycles. The molecule has 1 saturated heterocycles. The standard InChI is InChI=1S/C21H24Cl2N2O3S/c1-29(26,27)16-6-4-15(5-7-16)28-21-18-9-13(22)10-19(23)17(18)11-20(21)25-8-2-3-14(24)12-25/h4-7,9-10,14,20-21H,2-3,8,11-12,24H2,1H3/t14?,20-,21-/m0/s1. The maximum Gasteiger partial charge on any atom is 0.175 e. The summed E-state index contributed by atoms with van der Waals surface area (Å²) in [6.07, 6.45) is 3.79. The van der Waals surface area contributed by atoms with Gasteiger partial charge >= 0.3 is 0 Å². The van der Waals surface area contributed by atoms with E-state index in [4.69, 9.17) is 33.7 Å². The van der Waals surface area contributed by atoms with Crippen molar-refractivity contribution in [1.82, 2.24) is 4.90 Å². The normalized spacial score (nSPS) is 25.0. The van der Waals surface area contributed by atoms with Crippen LogP contribution in [0.4, 0.5) is 0 Å². The average Bonchev–Trinajstić information content (AvgIpc) is 3.00. The van der Waals surface area contributed by atoms with Gasteiger partial charge in [-0.15, -0.1) is 0 Å². The Kier molecular flexibility index (Phi) is 5.84. The highest BCUT2D eigenvalue weighted by Gasteiger charge is 2.40. The van der Waals surface area contributed by atoms with Crippen LogP contribution >= 0.6 is 23.2 Å². The quantitative estimate of drug-likeness (QED) is 0.758. The van der Waals surface area contributed by atoms with Crippen LogP contribution in [-0.2, 0) is 16.3 Å². The van der Waals surface area contributed by atoms with Crippen LogP contribution in [-0.4, -0.2) is 44.7 Å².